The quantitative estimate of drug-likeness (QED) is 0.473. The number of hydrogen-bond acceptors (Lipinski definition) is 6. The minimum Gasteiger partial charge on any atom is -0.359 e. The molecular weight excluding hydrogens is 261 g/mol. The van der Waals surface area contributed by atoms with Crippen molar-refractivity contribution in [3.05, 3.63) is 45.8 Å². The molecule has 0 radical (unpaired) electrons. The van der Waals surface area contributed by atoms with Crippen LogP contribution in [0.1, 0.15) is 0 Å². The molecule has 0 amide bonds. The third-order valence-corrected chi connectivity index (χ3v) is 2.30. The van der Waals surface area contributed by atoms with Crippen LogP contribution in [0.25, 0.3) is 17.1 Å². The van der Waals surface area contributed by atoms with Crippen molar-refractivity contribution in [3.63, 3.8) is 0 Å². The molecule has 3 aromatic rings. The van der Waals surface area contributed by atoms with Crippen LogP contribution in [0.2, 0.25) is 0 Å². The van der Waals surface area contributed by atoms with Gasteiger partial charge < -0.3 is 5.21 Å². The third kappa shape index (κ3) is 1.84. The number of nitrogens with zero attached hydrogens (tertiary/aromatic N) is 4. The van der Waals surface area contributed by atoms with Crippen LogP contribution in [0.4, 0.5) is 4.39 Å². The summed E-state index contributed by atoms with van der Waals surface area (Å²) in [5.74, 6) is -1.51. The Kier molecular flexibility index (Phi) is 2.34. The van der Waals surface area contributed by atoms with Crippen molar-refractivity contribution in [1.82, 2.24) is 15.5 Å². The minimum atomic E-state index is -0.842. The van der Waals surface area contributed by atoms with E-state index in [4.69, 9.17) is 0 Å². The molecule has 1 N–H and O–H groups in total. The first kappa shape index (κ1) is 11.1. The normalized spacial score (nSPS) is 10.8. The zero-order chi connectivity index (χ0) is 13.4. The van der Waals surface area contributed by atoms with Gasteiger partial charge in [0.2, 0.25) is 0 Å². The highest BCUT2D eigenvalue weighted by atomic mass is 19.1. The summed E-state index contributed by atoms with van der Waals surface area (Å²) in [7, 11) is 0. The minimum absolute atomic E-state index is 0.0735. The summed E-state index contributed by atoms with van der Waals surface area (Å²) < 4.78 is 21.9. The lowest BCUT2D eigenvalue weighted by atomic mass is 10.1. The number of aromatic amines is 1. The maximum absolute atomic E-state index is 13.2. The van der Waals surface area contributed by atoms with Crippen molar-refractivity contribution in [2.75, 3.05) is 0 Å². The third-order valence-electron chi connectivity index (χ3n) is 2.30. The van der Waals surface area contributed by atoms with E-state index in [1.165, 1.54) is 18.2 Å². The summed E-state index contributed by atoms with van der Waals surface area (Å²) >= 11 is 0. The summed E-state index contributed by atoms with van der Waals surface area (Å²) in [6.07, 6.45) is 0. The molecule has 0 atom stereocenters. The van der Waals surface area contributed by atoms with E-state index >= 15 is 0 Å². The molecule has 0 aliphatic heterocycles. The molecule has 96 valence electrons. The maximum atomic E-state index is 13.2. The van der Waals surface area contributed by atoms with Gasteiger partial charge in [-0.2, -0.15) is 0 Å². The second-order valence-corrected chi connectivity index (χ2v) is 3.50. The average Bonchev–Trinajstić information content (AvgIpc) is 2.95. The topological polar surface area (TPSA) is 116 Å². The Morgan fingerprint density at radius 1 is 1.42 bits per heavy atom. The summed E-state index contributed by atoms with van der Waals surface area (Å²) in [5, 5.41) is 20.4. The van der Waals surface area contributed by atoms with Gasteiger partial charge in [-0.3, -0.25) is 9.15 Å². The summed E-state index contributed by atoms with van der Waals surface area (Å²) in [4.78, 5) is 11.7. The highest BCUT2D eigenvalue weighted by Crippen LogP contribution is 2.19. The summed E-state index contributed by atoms with van der Waals surface area (Å²) in [6.45, 7) is 0. The van der Waals surface area contributed by atoms with Crippen molar-refractivity contribution in [2.24, 2.45) is 0 Å². The van der Waals surface area contributed by atoms with Gasteiger partial charge in [0.15, 0.2) is 0 Å². The van der Waals surface area contributed by atoms with Gasteiger partial charge in [0.05, 0.1) is 5.16 Å². The molecule has 3 rings (SSSR count). The van der Waals surface area contributed by atoms with Gasteiger partial charge >= 0.3 is 11.6 Å². The van der Waals surface area contributed by atoms with E-state index in [1.54, 1.807) is 0 Å². The van der Waals surface area contributed by atoms with Crippen LogP contribution in [-0.2, 0) is 0 Å². The first-order valence-electron chi connectivity index (χ1n) is 4.99. The summed E-state index contributed by atoms with van der Waals surface area (Å²) in [5.41, 5.74) is 0.0941. The second-order valence-electron chi connectivity index (χ2n) is 3.50. The van der Waals surface area contributed by atoms with Crippen LogP contribution < -0.4 is 15.5 Å². The highest BCUT2D eigenvalue weighted by molar-refractivity contribution is 5.60. The van der Waals surface area contributed by atoms with E-state index in [1.807, 2.05) is 0 Å². The molecule has 10 heteroatoms. The van der Waals surface area contributed by atoms with Crippen molar-refractivity contribution in [1.29, 1.82) is 0 Å². The highest BCUT2D eigenvalue weighted by Gasteiger charge is 2.29. The van der Waals surface area contributed by atoms with Crippen LogP contribution in [0.5, 0.6) is 0 Å². The lowest BCUT2D eigenvalue weighted by Gasteiger charge is -1.96. The number of rotatable bonds is 2. The first-order valence-corrected chi connectivity index (χ1v) is 4.99. The van der Waals surface area contributed by atoms with Gasteiger partial charge in [0.1, 0.15) is 11.1 Å². The summed E-state index contributed by atoms with van der Waals surface area (Å²) in [6, 6.07) is 5.23. The number of H-pyrrole nitrogens is 1. The lowest BCUT2D eigenvalue weighted by molar-refractivity contribution is -0.794. The van der Waals surface area contributed by atoms with E-state index < -0.39 is 11.6 Å². The van der Waals surface area contributed by atoms with E-state index in [9.17, 15) is 14.4 Å². The predicted octanol–water partition coefficient (Wildman–Crippen LogP) is -0.933. The molecule has 2 aromatic heterocycles. The Labute approximate surface area is 103 Å². The molecule has 0 saturated carbocycles. The standard InChI is InChI=1S/C9H4FN5O4/c10-6-3-1-2-5(4-6)7-8(12-19-15(7)17)14-11-9(16)18-13-14/h1-4H/p+1. The number of hydrogen-bond donors (Lipinski definition) is 1. The number of halogens is 1. The van der Waals surface area contributed by atoms with E-state index in [2.05, 4.69) is 24.7 Å². The number of benzene rings is 1. The zero-order valence-electron chi connectivity index (χ0n) is 9.11. The van der Waals surface area contributed by atoms with Gasteiger partial charge in [-0.15, -0.1) is 5.10 Å². The maximum Gasteiger partial charge on any atom is 0.473 e. The molecule has 0 aliphatic carbocycles. The fraction of sp³-hybridized carbons (Fsp3) is 0. The van der Waals surface area contributed by atoms with E-state index in [0.29, 0.717) is 0 Å². The Bertz CT molecular complexity index is 792. The molecule has 2 heterocycles. The first-order chi connectivity index (χ1) is 9.15. The zero-order valence-corrected chi connectivity index (χ0v) is 9.11. The Balaban J connectivity index is 2.22. The van der Waals surface area contributed by atoms with Crippen LogP contribution in [0.15, 0.2) is 38.2 Å². The van der Waals surface area contributed by atoms with Gasteiger partial charge in [0.25, 0.3) is 5.69 Å². The molecular formula is C9H5FN5O4+. The van der Waals surface area contributed by atoms with Crippen molar-refractivity contribution < 1.29 is 23.2 Å². The van der Waals surface area contributed by atoms with Gasteiger partial charge in [-0.1, -0.05) is 12.1 Å². The molecule has 0 aliphatic rings. The fourth-order valence-electron chi connectivity index (χ4n) is 1.55. The van der Waals surface area contributed by atoms with Gasteiger partial charge in [0, 0.05) is 10.4 Å². The smallest absolute Gasteiger partial charge is 0.359 e. The average molecular weight is 266 g/mol. The molecule has 0 unspecified atom stereocenters. The Hall–Kier alpha value is -3.04. The van der Waals surface area contributed by atoms with Crippen molar-refractivity contribution >= 4 is 0 Å². The van der Waals surface area contributed by atoms with E-state index in [0.717, 1.165) is 10.9 Å². The van der Waals surface area contributed by atoms with Crippen molar-refractivity contribution in [2.45, 2.75) is 0 Å². The molecule has 0 saturated heterocycles. The van der Waals surface area contributed by atoms with Gasteiger partial charge in [-0.25, -0.2) is 9.18 Å². The lowest BCUT2D eigenvalue weighted by Crippen LogP contribution is -2.40. The largest absolute Gasteiger partial charge is 0.473 e. The SMILES string of the molecule is O=c1[nH][n+](-c2no[n+]([O-])c2-c2cccc(F)c2)no1. The van der Waals surface area contributed by atoms with Crippen LogP contribution >= 0.6 is 0 Å². The fourth-order valence-corrected chi connectivity index (χ4v) is 1.55. The van der Waals surface area contributed by atoms with Gasteiger partial charge in [-0.05, 0) is 17.0 Å². The predicted molar refractivity (Wildman–Crippen MR) is 53.1 cm³/mol. The Morgan fingerprint density at radius 2 is 2.26 bits per heavy atom. The molecule has 0 bridgehead atoms. The molecule has 0 fully saturated rings. The monoisotopic (exact) mass is 266 g/mol. The molecule has 19 heavy (non-hydrogen) atoms. The number of aromatic nitrogens is 5. The number of nitrogens with one attached hydrogen (secondary N) is 1. The van der Waals surface area contributed by atoms with Crippen molar-refractivity contribution in [3.8, 4) is 17.1 Å². The molecule has 0 spiro atoms. The Morgan fingerprint density at radius 3 is 2.95 bits per heavy atom. The van der Waals surface area contributed by atoms with Crippen LogP contribution in [0.3, 0.4) is 0 Å². The van der Waals surface area contributed by atoms with Crippen LogP contribution in [0, 0.1) is 11.0 Å². The second kappa shape index (κ2) is 4.01. The molecule has 9 nitrogen and oxygen atoms in total. The molecule has 1 aromatic carbocycles. The van der Waals surface area contributed by atoms with Crippen LogP contribution in [-0.4, -0.2) is 15.5 Å². The van der Waals surface area contributed by atoms with E-state index in [-0.39, 0.29) is 22.0 Å².